The Hall–Kier alpha value is -3.90. The molecule has 0 saturated carbocycles. The lowest BCUT2D eigenvalue weighted by atomic mass is 9.99. The predicted octanol–water partition coefficient (Wildman–Crippen LogP) is 7.22. The highest BCUT2D eigenvalue weighted by molar-refractivity contribution is 6.31. The van der Waals surface area contributed by atoms with Crippen molar-refractivity contribution in [3.8, 4) is 22.5 Å². The number of carboxylic acids is 1. The standard InChI is InChI=1S/C30H28ClNO5/c1-19-26(18-29(35)36-20(2)25-7-3-4-8-27(25)31)30(37-32-19)24-16-14-23(15-17-24)22-12-10-21(11-13-22)6-5-9-28(33)34/h3-4,7-8,10-17,20H,5-6,9,18H2,1-2H3,(H,33,34). The summed E-state index contributed by atoms with van der Waals surface area (Å²) in [6, 6.07) is 23.3. The first-order valence-electron chi connectivity index (χ1n) is 12.1. The Morgan fingerprint density at radius 3 is 2.24 bits per heavy atom. The van der Waals surface area contributed by atoms with Crippen LogP contribution in [0.1, 0.15) is 48.3 Å². The van der Waals surface area contributed by atoms with E-state index in [0.717, 1.165) is 34.2 Å². The third kappa shape index (κ3) is 6.66. The minimum Gasteiger partial charge on any atom is -0.481 e. The van der Waals surface area contributed by atoms with Gasteiger partial charge in [-0.05, 0) is 49.4 Å². The van der Waals surface area contributed by atoms with Crippen molar-refractivity contribution in [3.05, 3.63) is 100 Å². The summed E-state index contributed by atoms with van der Waals surface area (Å²) >= 11 is 6.24. The molecule has 0 aliphatic rings. The molecular formula is C30H28ClNO5. The van der Waals surface area contributed by atoms with E-state index in [2.05, 4.69) is 5.16 Å². The predicted molar refractivity (Wildman–Crippen MR) is 142 cm³/mol. The molecule has 1 heterocycles. The summed E-state index contributed by atoms with van der Waals surface area (Å²) in [6.07, 6.45) is 1.08. The number of rotatable bonds is 10. The molecule has 1 unspecified atom stereocenters. The van der Waals surface area contributed by atoms with Crippen LogP contribution in [-0.4, -0.2) is 22.2 Å². The molecule has 1 atom stereocenters. The maximum absolute atomic E-state index is 12.7. The normalized spacial score (nSPS) is 11.8. The zero-order valence-electron chi connectivity index (χ0n) is 20.7. The second kappa shape index (κ2) is 11.9. The summed E-state index contributed by atoms with van der Waals surface area (Å²) in [7, 11) is 0. The van der Waals surface area contributed by atoms with Gasteiger partial charge in [0, 0.05) is 28.1 Å². The van der Waals surface area contributed by atoms with Gasteiger partial charge in [0.1, 0.15) is 6.10 Å². The molecule has 4 aromatic rings. The molecule has 0 aliphatic carbocycles. The number of hydrogen-bond donors (Lipinski definition) is 1. The summed E-state index contributed by atoms with van der Waals surface area (Å²) in [6.45, 7) is 3.60. The zero-order valence-corrected chi connectivity index (χ0v) is 21.5. The van der Waals surface area contributed by atoms with Crippen LogP contribution < -0.4 is 0 Å². The van der Waals surface area contributed by atoms with Crippen LogP contribution in [0.15, 0.2) is 77.3 Å². The fraction of sp³-hybridized carbons (Fsp3) is 0.233. The molecule has 0 radical (unpaired) electrons. The van der Waals surface area contributed by atoms with Gasteiger partial charge >= 0.3 is 11.9 Å². The van der Waals surface area contributed by atoms with Gasteiger partial charge in [-0.1, -0.05) is 83.5 Å². The summed E-state index contributed by atoms with van der Waals surface area (Å²) < 4.78 is 11.2. The van der Waals surface area contributed by atoms with Crippen LogP contribution in [0.3, 0.4) is 0 Å². The molecule has 37 heavy (non-hydrogen) atoms. The summed E-state index contributed by atoms with van der Waals surface area (Å²) in [4.78, 5) is 23.4. The molecule has 7 heteroatoms. The number of halogens is 1. The van der Waals surface area contributed by atoms with Crippen LogP contribution in [0.2, 0.25) is 5.02 Å². The molecular weight excluding hydrogens is 490 g/mol. The minimum absolute atomic E-state index is 0.0323. The van der Waals surface area contributed by atoms with Gasteiger partial charge in [0.05, 0.1) is 12.1 Å². The Labute approximate surface area is 220 Å². The molecule has 0 saturated heterocycles. The Morgan fingerprint density at radius 1 is 0.973 bits per heavy atom. The van der Waals surface area contributed by atoms with Gasteiger partial charge in [-0.3, -0.25) is 9.59 Å². The molecule has 0 spiro atoms. The van der Waals surface area contributed by atoms with Crippen molar-refractivity contribution in [2.45, 2.75) is 45.6 Å². The van der Waals surface area contributed by atoms with E-state index in [-0.39, 0.29) is 18.8 Å². The fourth-order valence-electron chi connectivity index (χ4n) is 4.20. The number of aliphatic carboxylic acids is 1. The third-order valence-corrected chi connectivity index (χ3v) is 6.59. The van der Waals surface area contributed by atoms with Crippen LogP contribution in [0.5, 0.6) is 0 Å². The van der Waals surface area contributed by atoms with Crippen molar-refractivity contribution < 1.29 is 24.0 Å². The lowest BCUT2D eigenvalue weighted by molar-refractivity contribution is -0.147. The van der Waals surface area contributed by atoms with Crippen LogP contribution in [0.4, 0.5) is 0 Å². The Bertz CT molecular complexity index is 1380. The highest BCUT2D eigenvalue weighted by Crippen LogP contribution is 2.31. The quantitative estimate of drug-likeness (QED) is 0.223. The lowest BCUT2D eigenvalue weighted by Crippen LogP contribution is -2.12. The number of aryl methyl sites for hydroxylation is 2. The van der Waals surface area contributed by atoms with E-state index in [1.165, 1.54) is 0 Å². The maximum atomic E-state index is 12.7. The van der Waals surface area contributed by atoms with Gasteiger partial charge in [-0.2, -0.15) is 0 Å². The van der Waals surface area contributed by atoms with Crippen molar-refractivity contribution in [1.82, 2.24) is 5.16 Å². The molecule has 190 valence electrons. The highest BCUT2D eigenvalue weighted by atomic mass is 35.5. The van der Waals surface area contributed by atoms with E-state index < -0.39 is 12.1 Å². The maximum Gasteiger partial charge on any atom is 0.311 e. The number of hydrogen-bond acceptors (Lipinski definition) is 5. The van der Waals surface area contributed by atoms with Crippen molar-refractivity contribution in [2.75, 3.05) is 0 Å². The van der Waals surface area contributed by atoms with E-state index in [9.17, 15) is 9.59 Å². The summed E-state index contributed by atoms with van der Waals surface area (Å²) in [5.74, 6) is -0.620. The average molecular weight is 518 g/mol. The van der Waals surface area contributed by atoms with Crippen LogP contribution >= 0.6 is 11.6 Å². The molecule has 0 aliphatic heterocycles. The van der Waals surface area contributed by atoms with E-state index in [1.807, 2.05) is 66.7 Å². The number of ether oxygens (including phenoxy) is 1. The second-order valence-corrected chi connectivity index (χ2v) is 9.33. The van der Waals surface area contributed by atoms with Crippen molar-refractivity contribution >= 4 is 23.5 Å². The van der Waals surface area contributed by atoms with Gasteiger partial charge in [-0.15, -0.1) is 0 Å². The number of esters is 1. The first kappa shape index (κ1) is 26.2. The fourth-order valence-corrected chi connectivity index (χ4v) is 4.49. The number of carboxylic acid groups (broad SMARTS) is 1. The molecule has 1 N–H and O–H groups in total. The van der Waals surface area contributed by atoms with Gasteiger partial charge < -0.3 is 14.4 Å². The van der Waals surface area contributed by atoms with Crippen LogP contribution in [0.25, 0.3) is 22.5 Å². The average Bonchev–Trinajstić information content (AvgIpc) is 3.24. The van der Waals surface area contributed by atoms with Gasteiger partial charge in [0.2, 0.25) is 0 Å². The van der Waals surface area contributed by atoms with Gasteiger partial charge in [0.25, 0.3) is 0 Å². The Kier molecular flexibility index (Phi) is 8.41. The minimum atomic E-state index is -0.773. The zero-order chi connectivity index (χ0) is 26.4. The van der Waals surface area contributed by atoms with E-state index >= 15 is 0 Å². The summed E-state index contributed by atoms with van der Waals surface area (Å²) in [5.41, 5.74) is 6.10. The highest BCUT2D eigenvalue weighted by Gasteiger charge is 2.21. The van der Waals surface area contributed by atoms with E-state index in [1.54, 1.807) is 19.9 Å². The number of nitrogens with zero attached hydrogens (tertiary/aromatic N) is 1. The largest absolute Gasteiger partial charge is 0.481 e. The van der Waals surface area contributed by atoms with Crippen molar-refractivity contribution in [2.24, 2.45) is 0 Å². The first-order valence-corrected chi connectivity index (χ1v) is 12.5. The molecule has 1 aromatic heterocycles. The Morgan fingerprint density at radius 2 is 1.59 bits per heavy atom. The van der Waals surface area contributed by atoms with Crippen LogP contribution in [-0.2, 0) is 27.2 Å². The monoisotopic (exact) mass is 517 g/mol. The molecule has 0 fully saturated rings. The van der Waals surface area contributed by atoms with Gasteiger partial charge in [-0.25, -0.2) is 0 Å². The number of aromatic nitrogens is 1. The Balaban J connectivity index is 1.43. The van der Waals surface area contributed by atoms with Crippen LogP contribution in [0, 0.1) is 6.92 Å². The van der Waals surface area contributed by atoms with E-state index in [4.69, 9.17) is 26.0 Å². The topological polar surface area (TPSA) is 89.6 Å². The number of carbonyl (C=O) groups excluding carboxylic acids is 1. The third-order valence-electron chi connectivity index (χ3n) is 6.25. The number of benzene rings is 3. The lowest BCUT2D eigenvalue weighted by Gasteiger charge is -2.15. The smallest absolute Gasteiger partial charge is 0.311 e. The van der Waals surface area contributed by atoms with Gasteiger partial charge in [0.15, 0.2) is 5.76 Å². The van der Waals surface area contributed by atoms with Crippen molar-refractivity contribution in [1.29, 1.82) is 0 Å². The SMILES string of the molecule is Cc1noc(-c2ccc(-c3ccc(CCCC(=O)O)cc3)cc2)c1CC(=O)OC(C)c1ccccc1Cl. The molecule has 0 amide bonds. The molecule has 0 bridgehead atoms. The van der Waals surface area contributed by atoms with E-state index in [0.29, 0.717) is 28.5 Å². The molecule has 4 rings (SSSR count). The number of carbonyl (C=O) groups is 2. The first-order chi connectivity index (χ1) is 17.8. The molecule has 3 aromatic carbocycles. The molecule has 6 nitrogen and oxygen atoms in total. The summed E-state index contributed by atoms with van der Waals surface area (Å²) in [5, 5.41) is 13.4. The van der Waals surface area contributed by atoms with Crippen molar-refractivity contribution in [3.63, 3.8) is 0 Å². The second-order valence-electron chi connectivity index (χ2n) is 8.93.